The topological polar surface area (TPSA) is 79.8 Å². The Morgan fingerprint density at radius 3 is 3.12 bits per heavy atom. The minimum Gasteiger partial charge on any atom is -0.394 e. The second-order valence-electron chi connectivity index (χ2n) is 3.54. The Kier molecular flexibility index (Phi) is 7.07. The molecule has 6 nitrogen and oxygen atoms in total. The van der Waals surface area contributed by atoms with E-state index >= 15 is 0 Å². The fourth-order valence-corrected chi connectivity index (χ4v) is 1.40. The number of hydrogen-bond donors (Lipinski definition) is 3. The molecule has 3 N–H and O–H groups in total. The van der Waals surface area contributed by atoms with E-state index in [0.717, 1.165) is 13.0 Å². The molecule has 0 aliphatic carbocycles. The van der Waals surface area contributed by atoms with Crippen molar-refractivity contribution in [3.63, 3.8) is 0 Å². The van der Waals surface area contributed by atoms with Crippen molar-refractivity contribution in [2.75, 3.05) is 46.1 Å². The van der Waals surface area contributed by atoms with Crippen LogP contribution >= 0.6 is 0 Å². The summed E-state index contributed by atoms with van der Waals surface area (Å²) in [5.41, 5.74) is 0. The molecule has 1 aliphatic rings. The first-order valence-corrected chi connectivity index (χ1v) is 5.63. The minimum atomic E-state index is -0.368. The summed E-state index contributed by atoms with van der Waals surface area (Å²) in [5.74, 6) is -0.0747. The van der Waals surface area contributed by atoms with Gasteiger partial charge in [0.25, 0.3) is 0 Å². The summed E-state index contributed by atoms with van der Waals surface area (Å²) in [7, 11) is 0. The smallest absolute Gasteiger partial charge is 0.250 e. The molecule has 0 radical (unpaired) electrons. The first-order chi connectivity index (χ1) is 7.84. The van der Waals surface area contributed by atoms with Crippen LogP contribution in [-0.2, 0) is 14.3 Å². The SMILES string of the molecule is O=C(NCCCOCCO)C1CNCCO1. The van der Waals surface area contributed by atoms with Crippen molar-refractivity contribution >= 4 is 5.91 Å². The highest BCUT2D eigenvalue weighted by atomic mass is 16.5. The number of nitrogens with one attached hydrogen (secondary N) is 2. The molecule has 1 rings (SSSR count). The summed E-state index contributed by atoms with van der Waals surface area (Å²) in [5, 5.41) is 14.3. The van der Waals surface area contributed by atoms with Crippen LogP contribution < -0.4 is 10.6 Å². The van der Waals surface area contributed by atoms with Gasteiger partial charge in [0.2, 0.25) is 5.91 Å². The first-order valence-electron chi connectivity index (χ1n) is 5.63. The van der Waals surface area contributed by atoms with Gasteiger partial charge in [-0.2, -0.15) is 0 Å². The molecule has 0 bridgehead atoms. The molecular weight excluding hydrogens is 212 g/mol. The van der Waals surface area contributed by atoms with Gasteiger partial charge in [0.1, 0.15) is 6.10 Å². The standard InChI is InChI=1S/C10H20N2O4/c13-4-7-15-5-1-2-12-10(14)9-8-11-3-6-16-9/h9,11,13H,1-8H2,(H,12,14). The van der Waals surface area contributed by atoms with Crippen LogP contribution in [0.15, 0.2) is 0 Å². The van der Waals surface area contributed by atoms with Gasteiger partial charge in [-0.1, -0.05) is 0 Å². The molecule has 0 aromatic heterocycles. The van der Waals surface area contributed by atoms with Crippen LogP contribution in [0.3, 0.4) is 0 Å². The van der Waals surface area contributed by atoms with Crippen molar-refractivity contribution in [3.8, 4) is 0 Å². The Morgan fingerprint density at radius 2 is 2.44 bits per heavy atom. The highest BCUT2D eigenvalue weighted by Gasteiger charge is 2.20. The van der Waals surface area contributed by atoms with E-state index in [4.69, 9.17) is 14.6 Å². The zero-order valence-corrected chi connectivity index (χ0v) is 9.41. The lowest BCUT2D eigenvalue weighted by molar-refractivity contribution is -0.134. The van der Waals surface area contributed by atoms with Crippen LogP contribution in [0.4, 0.5) is 0 Å². The van der Waals surface area contributed by atoms with E-state index in [0.29, 0.717) is 32.9 Å². The molecule has 1 atom stereocenters. The molecule has 16 heavy (non-hydrogen) atoms. The third-order valence-corrected chi connectivity index (χ3v) is 2.22. The quantitative estimate of drug-likeness (QED) is 0.465. The average Bonchev–Trinajstić information content (AvgIpc) is 2.34. The molecule has 1 saturated heterocycles. The third-order valence-electron chi connectivity index (χ3n) is 2.22. The maximum absolute atomic E-state index is 11.5. The number of rotatable bonds is 7. The van der Waals surface area contributed by atoms with Crippen molar-refractivity contribution in [1.82, 2.24) is 10.6 Å². The van der Waals surface area contributed by atoms with Crippen molar-refractivity contribution < 1.29 is 19.4 Å². The van der Waals surface area contributed by atoms with E-state index < -0.39 is 0 Å². The molecule has 1 heterocycles. The van der Waals surface area contributed by atoms with Gasteiger partial charge >= 0.3 is 0 Å². The monoisotopic (exact) mass is 232 g/mol. The number of carbonyl (C=O) groups excluding carboxylic acids is 1. The number of aliphatic hydroxyl groups is 1. The number of ether oxygens (including phenoxy) is 2. The lowest BCUT2D eigenvalue weighted by atomic mass is 10.3. The van der Waals surface area contributed by atoms with E-state index in [1.165, 1.54) is 0 Å². The van der Waals surface area contributed by atoms with E-state index in [-0.39, 0.29) is 18.6 Å². The number of hydrogen-bond acceptors (Lipinski definition) is 5. The normalized spacial score (nSPS) is 20.7. The van der Waals surface area contributed by atoms with Gasteiger partial charge in [0, 0.05) is 26.2 Å². The van der Waals surface area contributed by atoms with E-state index in [9.17, 15) is 4.79 Å². The molecule has 6 heteroatoms. The molecule has 1 fully saturated rings. The van der Waals surface area contributed by atoms with Crippen LogP contribution in [0.5, 0.6) is 0 Å². The molecule has 0 aromatic rings. The molecule has 0 saturated carbocycles. The molecule has 1 unspecified atom stereocenters. The second kappa shape index (κ2) is 8.46. The van der Waals surface area contributed by atoms with Crippen LogP contribution in [0.1, 0.15) is 6.42 Å². The van der Waals surface area contributed by atoms with E-state index in [1.54, 1.807) is 0 Å². The van der Waals surface area contributed by atoms with Crippen molar-refractivity contribution in [2.45, 2.75) is 12.5 Å². The maximum Gasteiger partial charge on any atom is 0.250 e. The van der Waals surface area contributed by atoms with Crippen LogP contribution in [0.2, 0.25) is 0 Å². The van der Waals surface area contributed by atoms with Crippen molar-refractivity contribution in [2.24, 2.45) is 0 Å². The molecule has 0 spiro atoms. The van der Waals surface area contributed by atoms with Crippen molar-refractivity contribution in [1.29, 1.82) is 0 Å². The maximum atomic E-state index is 11.5. The van der Waals surface area contributed by atoms with Gasteiger partial charge in [0.05, 0.1) is 19.8 Å². The van der Waals surface area contributed by atoms with Gasteiger partial charge < -0.3 is 25.2 Å². The fraction of sp³-hybridized carbons (Fsp3) is 0.900. The minimum absolute atomic E-state index is 0.0357. The van der Waals surface area contributed by atoms with Crippen LogP contribution in [-0.4, -0.2) is 63.2 Å². The fourth-order valence-electron chi connectivity index (χ4n) is 1.40. The molecule has 1 aliphatic heterocycles. The summed E-state index contributed by atoms with van der Waals surface area (Å²) in [4.78, 5) is 11.5. The Hall–Kier alpha value is -0.690. The summed E-state index contributed by atoms with van der Waals surface area (Å²) >= 11 is 0. The number of carbonyl (C=O) groups is 1. The zero-order chi connectivity index (χ0) is 11.6. The summed E-state index contributed by atoms with van der Waals surface area (Å²) < 4.78 is 10.4. The van der Waals surface area contributed by atoms with Gasteiger partial charge in [-0.05, 0) is 6.42 Å². The Balaban J connectivity index is 1.97. The Morgan fingerprint density at radius 1 is 1.56 bits per heavy atom. The van der Waals surface area contributed by atoms with E-state index in [1.807, 2.05) is 0 Å². The van der Waals surface area contributed by atoms with Gasteiger partial charge in [0.15, 0.2) is 0 Å². The Bertz CT molecular complexity index is 195. The average molecular weight is 232 g/mol. The number of aliphatic hydroxyl groups excluding tert-OH is 1. The predicted molar refractivity (Wildman–Crippen MR) is 58.1 cm³/mol. The van der Waals surface area contributed by atoms with Gasteiger partial charge in [-0.15, -0.1) is 0 Å². The molecule has 94 valence electrons. The summed E-state index contributed by atoms with van der Waals surface area (Å²) in [6.07, 6.45) is 0.374. The zero-order valence-electron chi connectivity index (χ0n) is 9.41. The van der Waals surface area contributed by atoms with Crippen LogP contribution in [0.25, 0.3) is 0 Å². The first kappa shape index (κ1) is 13.4. The van der Waals surface area contributed by atoms with Gasteiger partial charge in [-0.25, -0.2) is 0 Å². The highest BCUT2D eigenvalue weighted by molar-refractivity contribution is 5.81. The number of amides is 1. The third kappa shape index (κ3) is 5.41. The van der Waals surface area contributed by atoms with Crippen LogP contribution in [0, 0.1) is 0 Å². The predicted octanol–water partition coefficient (Wildman–Crippen LogP) is -1.51. The lowest BCUT2D eigenvalue weighted by Gasteiger charge is -2.22. The summed E-state index contributed by atoms with van der Waals surface area (Å²) in [6.45, 7) is 3.47. The second-order valence-corrected chi connectivity index (χ2v) is 3.54. The highest BCUT2D eigenvalue weighted by Crippen LogP contribution is 1.95. The molecule has 1 amide bonds. The number of morpholine rings is 1. The lowest BCUT2D eigenvalue weighted by Crippen LogP contribution is -2.48. The van der Waals surface area contributed by atoms with E-state index in [2.05, 4.69) is 10.6 Å². The largest absolute Gasteiger partial charge is 0.394 e. The molecule has 0 aromatic carbocycles. The van der Waals surface area contributed by atoms with Gasteiger partial charge in [-0.3, -0.25) is 4.79 Å². The van der Waals surface area contributed by atoms with Crippen molar-refractivity contribution in [3.05, 3.63) is 0 Å². The molecular formula is C10H20N2O4. The Labute approximate surface area is 95.3 Å². The summed E-state index contributed by atoms with van der Waals surface area (Å²) in [6, 6.07) is 0.